The van der Waals surface area contributed by atoms with Crippen LogP contribution in [0.4, 0.5) is 0 Å². The Hall–Kier alpha value is 1.85. The first-order chi connectivity index (χ1) is 7.11. The summed E-state index contributed by atoms with van der Waals surface area (Å²) in [6, 6.07) is 0. The molecule has 0 aromatic rings. The van der Waals surface area contributed by atoms with Gasteiger partial charge in [0.25, 0.3) is 0 Å². The van der Waals surface area contributed by atoms with Crippen molar-refractivity contribution in [3.63, 3.8) is 0 Å². The average Bonchev–Trinajstić information content (AvgIpc) is 2.30. The van der Waals surface area contributed by atoms with E-state index in [4.69, 9.17) is 13.3 Å². The molecule has 0 bridgehead atoms. The number of hydrogen-bond acceptors (Lipinski definition) is 7. The zero-order chi connectivity index (χ0) is 11.9. The second kappa shape index (κ2) is 8.04. The van der Waals surface area contributed by atoms with Crippen LogP contribution in [-0.4, -0.2) is 35.0 Å². The standard InChI is InChI=1S/C6H18O3S5Si/c1-5-6-14(12-10,13-11)15(7-2,8-3)9-4/h10-11H,5-6H2,1-4H3. The van der Waals surface area contributed by atoms with E-state index in [1.807, 2.05) is 0 Å². The highest BCUT2D eigenvalue weighted by molar-refractivity contribution is 9.50. The minimum Gasteiger partial charge on any atom is -0.369 e. The Labute approximate surface area is 112 Å². The van der Waals surface area contributed by atoms with E-state index >= 15 is 0 Å². The summed E-state index contributed by atoms with van der Waals surface area (Å²) in [5, 5.41) is 0. The van der Waals surface area contributed by atoms with E-state index in [0.29, 0.717) is 0 Å². The van der Waals surface area contributed by atoms with Crippen LogP contribution in [0.15, 0.2) is 0 Å². The lowest BCUT2D eigenvalue weighted by Gasteiger charge is -2.43. The molecule has 0 aliphatic rings. The van der Waals surface area contributed by atoms with Crippen molar-refractivity contribution >= 4 is 58.5 Å². The summed E-state index contributed by atoms with van der Waals surface area (Å²) in [4.78, 5) is 0. The van der Waals surface area contributed by atoms with Crippen LogP contribution in [0.25, 0.3) is 0 Å². The second-order valence-electron chi connectivity index (χ2n) is 2.58. The van der Waals surface area contributed by atoms with Crippen molar-refractivity contribution < 1.29 is 13.3 Å². The van der Waals surface area contributed by atoms with Gasteiger partial charge in [0, 0.05) is 21.3 Å². The van der Waals surface area contributed by atoms with Crippen LogP contribution in [0.3, 0.4) is 0 Å². The molecule has 0 unspecified atom stereocenters. The van der Waals surface area contributed by atoms with Gasteiger partial charge in [0.15, 0.2) is 0 Å². The summed E-state index contributed by atoms with van der Waals surface area (Å²) in [5.74, 6) is 0.955. The Kier molecular flexibility index (Phi) is 9.03. The van der Waals surface area contributed by atoms with Crippen LogP contribution < -0.4 is 0 Å². The predicted molar refractivity (Wildman–Crippen MR) is 82.7 cm³/mol. The second-order valence-corrected chi connectivity index (χ2v) is 19.7. The first kappa shape index (κ1) is 16.8. The first-order valence-electron chi connectivity index (χ1n) is 4.24. The molecule has 0 saturated heterocycles. The quantitative estimate of drug-likeness (QED) is 0.404. The highest BCUT2D eigenvalue weighted by atomic mass is 33.9. The van der Waals surface area contributed by atoms with Gasteiger partial charge in [0.1, 0.15) is 0 Å². The Morgan fingerprint density at radius 2 is 1.47 bits per heavy atom. The van der Waals surface area contributed by atoms with Gasteiger partial charge in [-0.3, -0.25) is 0 Å². The normalized spacial score (nSPS) is 14.3. The molecule has 94 valence electrons. The minimum atomic E-state index is -2.66. The highest BCUT2D eigenvalue weighted by Gasteiger charge is 2.57. The van der Waals surface area contributed by atoms with Crippen LogP contribution >= 0.6 is 50.5 Å². The van der Waals surface area contributed by atoms with Crippen LogP contribution in [0, 0.1) is 0 Å². The first-order valence-corrected chi connectivity index (χ1v) is 13.3. The van der Waals surface area contributed by atoms with Gasteiger partial charge in [-0.1, -0.05) is 14.5 Å². The van der Waals surface area contributed by atoms with Crippen molar-refractivity contribution in [1.29, 1.82) is 0 Å². The van der Waals surface area contributed by atoms with Crippen LogP contribution in [0.5, 0.6) is 0 Å². The molecule has 0 aromatic heterocycles. The Bertz CT molecular complexity index is 168. The van der Waals surface area contributed by atoms with Crippen molar-refractivity contribution in [2.75, 3.05) is 27.1 Å². The molecule has 0 aromatic carbocycles. The van der Waals surface area contributed by atoms with Crippen molar-refractivity contribution in [2.45, 2.75) is 13.3 Å². The summed E-state index contributed by atoms with van der Waals surface area (Å²) in [6.07, 6.45) is 1.03. The maximum Gasteiger partial charge on any atom is 0.575 e. The Balaban J connectivity index is 5.13. The molecule has 0 aliphatic heterocycles. The average molecular weight is 327 g/mol. The number of thiol groups is 2. The maximum absolute atomic E-state index is 5.53. The molecule has 0 fully saturated rings. The van der Waals surface area contributed by atoms with Gasteiger partial charge in [0.2, 0.25) is 0 Å². The van der Waals surface area contributed by atoms with Crippen LogP contribution in [-0.2, 0) is 13.3 Å². The molecule has 0 saturated carbocycles. The van der Waals surface area contributed by atoms with E-state index in [0.717, 1.165) is 12.2 Å². The smallest absolute Gasteiger partial charge is 0.369 e. The van der Waals surface area contributed by atoms with Crippen LogP contribution in [0.1, 0.15) is 13.3 Å². The van der Waals surface area contributed by atoms with Gasteiger partial charge in [-0.15, -0.1) is 23.3 Å². The van der Waals surface area contributed by atoms with Gasteiger partial charge < -0.3 is 13.3 Å². The molecule has 15 heavy (non-hydrogen) atoms. The Morgan fingerprint density at radius 1 is 1.07 bits per heavy atom. The molecule has 0 aliphatic carbocycles. The summed E-state index contributed by atoms with van der Waals surface area (Å²) in [6.45, 7) is 2.12. The summed E-state index contributed by atoms with van der Waals surface area (Å²) in [7, 11) is 3.83. The van der Waals surface area contributed by atoms with Gasteiger partial charge in [0.05, 0.1) is 0 Å². The van der Waals surface area contributed by atoms with Crippen molar-refractivity contribution in [2.24, 2.45) is 0 Å². The Morgan fingerprint density at radius 3 is 1.67 bits per heavy atom. The lowest BCUT2D eigenvalue weighted by molar-refractivity contribution is 0.152. The third-order valence-electron chi connectivity index (χ3n) is 1.84. The fourth-order valence-electron chi connectivity index (χ4n) is 1.20. The topological polar surface area (TPSA) is 27.7 Å². The molecule has 0 spiro atoms. The SMILES string of the molecule is CCCS(SS)(SS)[Si](OC)(OC)OC. The minimum absolute atomic E-state index is 0.955. The number of hydrogen-bond donors (Lipinski definition) is 2. The monoisotopic (exact) mass is 326 g/mol. The van der Waals surface area contributed by atoms with Gasteiger partial charge >= 0.3 is 7.95 Å². The molecule has 0 atom stereocenters. The summed E-state index contributed by atoms with van der Waals surface area (Å²) >= 11 is 8.70. The molecule has 0 radical (unpaired) electrons. The zero-order valence-corrected chi connectivity index (χ0v) is 14.5. The largest absolute Gasteiger partial charge is 0.575 e. The van der Waals surface area contributed by atoms with Crippen LogP contribution in [0.2, 0.25) is 0 Å². The molecular formula is C6H18O3S5Si. The molecule has 0 amide bonds. The van der Waals surface area contributed by atoms with E-state index in [2.05, 4.69) is 30.2 Å². The fourth-order valence-corrected chi connectivity index (χ4v) is 24.1. The van der Waals surface area contributed by atoms with Gasteiger partial charge in [-0.05, 0) is 31.8 Å². The molecule has 0 heterocycles. The summed E-state index contributed by atoms with van der Waals surface area (Å²) in [5.41, 5.74) is 0. The van der Waals surface area contributed by atoms with E-state index in [1.165, 1.54) is 19.7 Å². The number of rotatable bonds is 8. The molecule has 3 nitrogen and oxygen atoms in total. The summed E-state index contributed by atoms with van der Waals surface area (Å²) < 4.78 is 16.6. The highest BCUT2D eigenvalue weighted by Crippen LogP contribution is 2.77. The third-order valence-corrected chi connectivity index (χ3v) is 27.7. The van der Waals surface area contributed by atoms with Crippen molar-refractivity contribution in [3.05, 3.63) is 0 Å². The van der Waals surface area contributed by atoms with Gasteiger partial charge in [-0.2, -0.15) is 0 Å². The van der Waals surface area contributed by atoms with Gasteiger partial charge in [-0.25, -0.2) is 0 Å². The molecule has 9 heteroatoms. The third kappa shape index (κ3) is 3.41. The predicted octanol–water partition coefficient (Wildman–Crippen LogP) is 3.56. The van der Waals surface area contributed by atoms with E-state index in [9.17, 15) is 0 Å². The fraction of sp³-hybridized carbons (Fsp3) is 1.00. The van der Waals surface area contributed by atoms with E-state index in [1.54, 1.807) is 21.3 Å². The molecule has 0 rings (SSSR count). The van der Waals surface area contributed by atoms with Crippen molar-refractivity contribution in [1.82, 2.24) is 0 Å². The van der Waals surface area contributed by atoms with Crippen molar-refractivity contribution in [3.8, 4) is 0 Å². The lowest BCUT2D eigenvalue weighted by atomic mass is 10.6. The lowest BCUT2D eigenvalue weighted by Crippen LogP contribution is -2.46. The maximum atomic E-state index is 5.53. The molecular weight excluding hydrogens is 308 g/mol. The van der Waals surface area contributed by atoms with E-state index < -0.39 is 15.5 Å². The zero-order valence-electron chi connectivity index (χ0n) is 9.26. The van der Waals surface area contributed by atoms with E-state index in [-0.39, 0.29) is 0 Å². The molecule has 0 N–H and O–H groups in total.